The normalized spacial score (nSPS) is 0. The molecule has 0 saturated carbocycles. The lowest BCUT2D eigenvalue weighted by Crippen LogP contribution is -0.381. The van der Waals surface area contributed by atoms with E-state index in [4.69, 9.17) is 0 Å². The Kier molecular flexibility index (Phi) is 6680. The topological polar surface area (TPSA) is 94.5 Å². The van der Waals surface area contributed by atoms with Crippen LogP contribution in [0.1, 0.15) is 0 Å². The van der Waals surface area contributed by atoms with E-state index in [0.29, 0.717) is 0 Å². The minimum absolute atomic E-state index is 0. The van der Waals surface area contributed by atoms with E-state index in [0.717, 1.165) is 0 Å². The Balaban J connectivity index is 0. The van der Waals surface area contributed by atoms with Gasteiger partial charge < -0.3 is 16.4 Å². The molecule has 0 heterocycles. The Morgan fingerprint density at radius 2 is 0.600 bits per heavy atom. The molecule has 0 aromatic carbocycles. The van der Waals surface area contributed by atoms with Gasteiger partial charge in [0.05, 0.1) is 0 Å². The molecular weight excluding hydrogens is 110 g/mol. The van der Waals surface area contributed by atoms with E-state index in [9.17, 15) is 0 Å². The highest BCUT2D eigenvalue weighted by Gasteiger charge is 0.187. The standard InChI is InChI=1S/Al.ClH.3H2O.3H/h;1H;3*1H2;;;. The van der Waals surface area contributed by atoms with Gasteiger partial charge in [-0.2, -0.15) is 0 Å². The predicted molar refractivity (Wildman–Crippen MR) is 28.0 cm³/mol. The number of halogens is 1. The first-order chi connectivity index (χ1) is 0. The van der Waals surface area contributed by atoms with Crippen molar-refractivity contribution in [2.75, 3.05) is 0 Å². The van der Waals surface area contributed by atoms with E-state index in [-0.39, 0.29) is 46.2 Å². The summed E-state index contributed by atoms with van der Waals surface area (Å²) in [6, 6.07) is 0. The zero-order valence-electron chi connectivity index (χ0n) is 1.91. The molecule has 0 unspecified atom stereocenters. The SMILES string of the molecule is Cl.O.O.O.[AlH3]. The summed E-state index contributed by atoms with van der Waals surface area (Å²) in [5.41, 5.74) is 0. The van der Waals surface area contributed by atoms with Crippen molar-refractivity contribution in [3.8, 4) is 0 Å². The first-order valence-corrected chi connectivity index (χ1v) is 0. The highest BCUT2D eigenvalue weighted by Crippen LogP contribution is 0.690. The third kappa shape index (κ3) is 69.6. The molecule has 5 heteroatoms. The van der Waals surface area contributed by atoms with Crippen molar-refractivity contribution in [3.63, 3.8) is 0 Å². The van der Waals surface area contributed by atoms with Crippen LogP contribution in [0.3, 0.4) is 0 Å². The zero-order valence-corrected chi connectivity index (χ0v) is 2.72. The second-order valence-electron chi connectivity index (χ2n) is 0. The molecule has 0 radical (unpaired) electrons. The van der Waals surface area contributed by atoms with E-state index < -0.39 is 0 Å². The van der Waals surface area contributed by atoms with Crippen LogP contribution in [0.2, 0.25) is 0 Å². The molecule has 0 aliphatic rings. The molecule has 0 aliphatic heterocycles. The van der Waals surface area contributed by atoms with Crippen LogP contribution in [0.5, 0.6) is 0 Å². The maximum atomic E-state index is 0. The van der Waals surface area contributed by atoms with Gasteiger partial charge in [0.25, 0.3) is 0 Å². The van der Waals surface area contributed by atoms with Crippen molar-refractivity contribution in [2.24, 2.45) is 0 Å². The second kappa shape index (κ2) is 131. The third-order valence-electron chi connectivity index (χ3n) is 0. The van der Waals surface area contributed by atoms with Gasteiger partial charge in [-0.1, -0.05) is 0 Å². The molecule has 5 heavy (non-hydrogen) atoms. The second-order valence-corrected chi connectivity index (χ2v) is 0. The molecule has 0 aromatic rings. The lowest BCUT2D eigenvalue weighted by Gasteiger charge is -0.413. The van der Waals surface area contributed by atoms with E-state index in [1.165, 1.54) is 0 Å². The van der Waals surface area contributed by atoms with E-state index in [1.807, 2.05) is 0 Å². The number of rotatable bonds is 0. The molecule has 0 aliphatic carbocycles. The van der Waals surface area contributed by atoms with Crippen LogP contribution in [0.15, 0.2) is 0 Å². The fraction of sp³-hybridized carbons (Fsp3) is 0. The van der Waals surface area contributed by atoms with Gasteiger partial charge in [-0.15, -0.1) is 12.4 Å². The highest BCUT2D eigenvalue weighted by molar-refractivity contribution is 5.85. The molecule has 0 rings (SSSR count). The monoisotopic (exact) mass is 120 g/mol. The molecule has 0 atom stereocenters. The average molecular weight is 121 g/mol. The van der Waals surface area contributed by atoms with Crippen LogP contribution in [0.4, 0.5) is 0 Å². The van der Waals surface area contributed by atoms with Crippen molar-refractivity contribution in [2.45, 2.75) is 0 Å². The minimum atomic E-state index is 0. The largest absolute Gasteiger partial charge is 0.412 e. The number of hydrogen-bond acceptors (Lipinski definition) is 0. The summed E-state index contributed by atoms with van der Waals surface area (Å²) in [5, 5.41) is 0. The van der Waals surface area contributed by atoms with Crippen molar-refractivity contribution >= 4 is 29.8 Å². The third-order valence-corrected chi connectivity index (χ3v) is 0. The maximum Gasteiger partial charge on any atom is 0.187 e. The van der Waals surface area contributed by atoms with Gasteiger partial charge in [0.2, 0.25) is 0 Å². The quantitative estimate of drug-likeness (QED) is 0.301. The lowest BCUT2D eigenvalue weighted by atomic mass is 16.0. The van der Waals surface area contributed by atoms with Gasteiger partial charge in [0.1, 0.15) is 0 Å². The van der Waals surface area contributed by atoms with Gasteiger partial charge in [-0.25, -0.2) is 0 Å². The highest BCUT2D eigenvalue weighted by atomic mass is 35.5. The summed E-state index contributed by atoms with van der Waals surface area (Å²) in [6.07, 6.45) is 0. The molecular formula is H10AlClO3. The molecule has 0 amide bonds. The summed E-state index contributed by atoms with van der Waals surface area (Å²) in [7, 11) is 0. The summed E-state index contributed by atoms with van der Waals surface area (Å²) in [4.78, 5) is 0. The van der Waals surface area contributed by atoms with Crippen LogP contribution in [0, 0.1) is 0 Å². The number of hydrogen-bond donors (Lipinski definition) is 0. The fourth-order valence-electron chi connectivity index (χ4n) is 0. The minimum Gasteiger partial charge on any atom is -0.412 e. The Bertz CT molecular complexity index is 6.85. The van der Waals surface area contributed by atoms with Crippen LogP contribution in [-0.4, -0.2) is 33.8 Å². The van der Waals surface area contributed by atoms with Gasteiger partial charge in [0, 0.05) is 0 Å². The summed E-state index contributed by atoms with van der Waals surface area (Å²) < 4.78 is 0. The predicted octanol–water partition coefficient (Wildman–Crippen LogP) is -3.24. The van der Waals surface area contributed by atoms with E-state index >= 15 is 0 Å². The molecule has 38 valence electrons. The average Bonchev–Trinajstić information content (AvgIpc) is 0. The van der Waals surface area contributed by atoms with Gasteiger partial charge >= 0.3 is 0 Å². The summed E-state index contributed by atoms with van der Waals surface area (Å²) in [5.74, 6) is 0. The Morgan fingerprint density at radius 1 is 0.600 bits per heavy atom. The summed E-state index contributed by atoms with van der Waals surface area (Å²) >= 11 is 0. The summed E-state index contributed by atoms with van der Waals surface area (Å²) in [6.45, 7) is 0. The van der Waals surface area contributed by atoms with Crippen LogP contribution in [0.25, 0.3) is 0 Å². The van der Waals surface area contributed by atoms with Crippen molar-refractivity contribution in [3.05, 3.63) is 0 Å². The van der Waals surface area contributed by atoms with E-state index in [2.05, 4.69) is 0 Å². The van der Waals surface area contributed by atoms with Crippen LogP contribution in [-0.2, 0) is 0 Å². The molecule has 0 fully saturated rings. The van der Waals surface area contributed by atoms with Gasteiger partial charge in [-0.3, -0.25) is 0 Å². The molecule has 3 nitrogen and oxygen atoms in total. The van der Waals surface area contributed by atoms with Crippen LogP contribution < -0.4 is 0 Å². The first kappa shape index (κ1) is 256. The Labute approximate surface area is 46.8 Å². The molecule has 0 saturated heterocycles. The van der Waals surface area contributed by atoms with E-state index in [1.54, 1.807) is 0 Å². The molecule has 0 aromatic heterocycles. The van der Waals surface area contributed by atoms with Crippen molar-refractivity contribution in [1.29, 1.82) is 0 Å². The lowest BCUT2D eigenvalue weighted by molar-refractivity contribution is 0.823. The van der Waals surface area contributed by atoms with Crippen molar-refractivity contribution in [1.82, 2.24) is 0 Å². The van der Waals surface area contributed by atoms with Gasteiger partial charge in [-0.05, 0) is 0 Å². The first-order valence-electron chi connectivity index (χ1n) is 0. The van der Waals surface area contributed by atoms with Crippen LogP contribution >= 0.6 is 12.4 Å². The maximum absolute atomic E-state index is 0. The van der Waals surface area contributed by atoms with Gasteiger partial charge in [0.15, 0.2) is 17.4 Å². The Hall–Kier alpha value is 0.702. The zero-order chi connectivity index (χ0) is 0. The Morgan fingerprint density at radius 3 is 0.600 bits per heavy atom. The molecule has 0 bridgehead atoms. The molecule has 6 N–H and O–H groups in total. The molecule has 0 spiro atoms. The fourth-order valence-corrected chi connectivity index (χ4v) is 0. The smallest absolute Gasteiger partial charge is 0.187 e. The van der Waals surface area contributed by atoms with Crippen molar-refractivity contribution < 1.29 is 16.4 Å².